The molecule has 326 valence electrons. The Bertz CT molecular complexity index is 2110. The largest absolute Gasteiger partial charge is 0.748 e. The van der Waals surface area contributed by atoms with E-state index in [1.54, 1.807) is 21.3 Å². The molecule has 2 N–H and O–H groups in total. The molecule has 0 saturated carbocycles. The molecule has 2 aromatic carbocycles. The molecule has 2 unspecified atom stereocenters. The molecule has 59 heavy (non-hydrogen) atoms. The number of anilines is 1. The van der Waals surface area contributed by atoms with E-state index in [-0.39, 0.29) is 25.0 Å². The third-order valence-electron chi connectivity index (χ3n) is 11.5. The van der Waals surface area contributed by atoms with E-state index in [4.69, 9.17) is 14.2 Å². The third kappa shape index (κ3) is 13.1. The second-order valence-corrected chi connectivity index (χ2v) is 18.9. The Labute approximate surface area is 351 Å². The molecule has 4 rings (SSSR count). The minimum Gasteiger partial charge on any atom is -0.748 e. The predicted octanol–water partition coefficient (Wildman–Crippen LogP) is 6.48. The predicted molar refractivity (Wildman–Crippen MR) is 230 cm³/mol. The van der Waals surface area contributed by atoms with E-state index >= 15 is 0 Å². The molecule has 15 heteroatoms. The first-order chi connectivity index (χ1) is 28.0. The minimum atomic E-state index is -4.42. The van der Waals surface area contributed by atoms with Gasteiger partial charge in [-0.3, -0.25) is 9.35 Å². The summed E-state index contributed by atoms with van der Waals surface area (Å²) in [4.78, 5) is 13.4. The number of ether oxygens (including phenoxy) is 3. The number of rotatable bonds is 26. The zero-order chi connectivity index (χ0) is 43.3. The van der Waals surface area contributed by atoms with Crippen LogP contribution in [0.5, 0.6) is 0 Å². The van der Waals surface area contributed by atoms with Crippen LogP contribution in [-0.2, 0) is 62.9 Å². The van der Waals surface area contributed by atoms with Gasteiger partial charge >= 0.3 is 5.97 Å². The Balaban J connectivity index is 1.77. The molecule has 0 bridgehead atoms. The summed E-state index contributed by atoms with van der Waals surface area (Å²) in [5.74, 6) is -1.65. The highest BCUT2D eigenvalue weighted by atomic mass is 32.2. The van der Waals surface area contributed by atoms with Crippen molar-refractivity contribution in [2.75, 3.05) is 70.6 Å². The number of hydrogen-bond acceptors (Lipinski definition) is 10. The Morgan fingerprint density at radius 3 is 2.05 bits per heavy atom. The number of carboxylic acids is 1. The van der Waals surface area contributed by atoms with Crippen LogP contribution < -0.4 is 4.90 Å². The number of carboxylic acid groups (broad SMARTS) is 1. The van der Waals surface area contributed by atoms with Crippen molar-refractivity contribution in [2.24, 2.45) is 0 Å². The SMILES string of the molecule is COCCc1ccc2c(c1)C(C)(CCCS(=O)(=O)O)C(=CC=CC=CC1=[N+](CCCCCC(=O)O)c3ccc(CCOC)cc3C1(C)CCCS(=O)(=O)[O-])N2CCOC. The monoisotopic (exact) mass is 858 g/mol. The highest BCUT2D eigenvalue weighted by Crippen LogP contribution is 2.51. The van der Waals surface area contributed by atoms with Gasteiger partial charge in [-0.2, -0.15) is 13.0 Å². The Kier molecular flexibility index (Phi) is 17.6. The van der Waals surface area contributed by atoms with Gasteiger partial charge in [0.2, 0.25) is 5.69 Å². The third-order valence-corrected chi connectivity index (χ3v) is 13.1. The van der Waals surface area contributed by atoms with Crippen LogP contribution in [0.25, 0.3) is 0 Å². The molecule has 13 nitrogen and oxygen atoms in total. The lowest BCUT2D eigenvalue weighted by atomic mass is 9.75. The van der Waals surface area contributed by atoms with Crippen molar-refractivity contribution < 1.29 is 54.6 Å². The van der Waals surface area contributed by atoms with Crippen molar-refractivity contribution in [3.05, 3.63) is 94.7 Å². The summed E-state index contributed by atoms with van der Waals surface area (Å²) in [6, 6.07) is 12.6. The van der Waals surface area contributed by atoms with E-state index in [1.165, 1.54) is 0 Å². The van der Waals surface area contributed by atoms with E-state index in [2.05, 4.69) is 59.7 Å². The fraction of sp³-hybridized carbons (Fsp3) is 0.545. The molecule has 2 aliphatic rings. The van der Waals surface area contributed by atoms with Gasteiger partial charge in [-0.15, -0.1) is 0 Å². The lowest BCUT2D eigenvalue weighted by molar-refractivity contribution is -0.438. The number of methoxy groups -OCH3 is 3. The maximum absolute atomic E-state index is 11.8. The van der Waals surface area contributed by atoms with Crippen molar-refractivity contribution in [3.8, 4) is 0 Å². The summed E-state index contributed by atoms with van der Waals surface area (Å²) in [6.45, 7) is 6.92. The quantitative estimate of drug-likeness (QED) is 0.0456. The van der Waals surface area contributed by atoms with Gasteiger partial charge in [-0.1, -0.05) is 36.4 Å². The fourth-order valence-corrected chi connectivity index (χ4v) is 9.44. The molecular formula is C44H62N2O11S2. The molecule has 0 amide bonds. The normalized spacial score (nSPS) is 20.1. The Hall–Kier alpha value is -3.70. The van der Waals surface area contributed by atoms with Crippen molar-refractivity contribution in [2.45, 2.75) is 88.9 Å². The standard InChI is InChI=1S/C44H62N2O11S2/c1-43(23-12-30-58(49,50)51)36-32-34(21-27-55-3)17-19-38(36)45(25-11-7-10-16-42(47)48)40(43)14-8-6-9-15-41-44(2,24-13-31-59(52,53)54)37-33-35(22-28-56-4)18-20-39(37)46(41)26-29-57-5/h6,8-9,14-15,17-20,32-33H,7,10-13,16,21-31H2,1-5H3,(H2-,47,48,49,50,51,52,53,54). The molecule has 2 atom stereocenters. The van der Waals surface area contributed by atoms with Crippen molar-refractivity contribution >= 4 is 43.3 Å². The topological polar surface area (TPSA) is 183 Å². The summed E-state index contributed by atoms with van der Waals surface area (Å²) in [5.41, 5.74) is 6.95. The lowest BCUT2D eigenvalue weighted by Crippen LogP contribution is -2.32. The van der Waals surface area contributed by atoms with E-state index < -0.39 is 42.8 Å². The molecule has 2 aromatic rings. The number of aliphatic carboxylic acids is 1. The fourth-order valence-electron chi connectivity index (χ4n) is 8.43. The van der Waals surface area contributed by atoms with Crippen LogP contribution in [0, 0.1) is 0 Å². The first-order valence-corrected chi connectivity index (χ1v) is 23.5. The average molecular weight is 859 g/mol. The van der Waals surface area contributed by atoms with Gasteiger partial charge < -0.3 is 28.8 Å². The van der Waals surface area contributed by atoms with Crippen molar-refractivity contribution in [1.29, 1.82) is 0 Å². The lowest BCUT2D eigenvalue weighted by Gasteiger charge is -2.30. The Morgan fingerprint density at radius 2 is 1.42 bits per heavy atom. The number of nitrogens with zero attached hydrogens (tertiary/aromatic N) is 2. The molecular weight excluding hydrogens is 797 g/mol. The minimum absolute atomic E-state index is 0.0974. The number of hydrogen-bond donors (Lipinski definition) is 2. The van der Waals surface area contributed by atoms with Gasteiger partial charge in [0.15, 0.2) is 5.71 Å². The van der Waals surface area contributed by atoms with Crippen LogP contribution in [0.3, 0.4) is 0 Å². The molecule has 0 saturated heterocycles. The van der Waals surface area contributed by atoms with E-state index in [0.29, 0.717) is 58.6 Å². The number of carbonyl (C=O) groups is 1. The summed E-state index contributed by atoms with van der Waals surface area (Å²) in [6.07, 6.45) is 14.7. The molecule has 0 aromatic heterocycles. The van der Waals surface area contributed by atoms with Gasteiger partial charge in [0.05, 0.1) is 41.1 Å². The maximum Gasteiger partial charge on any atom is 0.303 e. The van der Waals surface area contributed by atoms with Gasteiger partial charge in [-0.25, -0.2) is 8.42 Å². The van der Waals surface area contributed by atoms with Gasteiger partial charge in [-0.05, 0) is 100 Å². The highest BCUT2D eigenvalue weighted by molar-refractivity contribution is 7.85. The molecule has 0 spiro atoms. The van der Waals surface area contributed by atoms with E-state index in [1.807, 2.05) is 30.4 Å². The number of allylic oxidation sites excluding steroid dienone is 6. The zero-order valence-corrected chi connectivity index (χ0v) is 36.8. The van der Waals surface area contributed by atoms with Crippen LogP contribution in [0.4, 0.5) is 11.4 Å². The second kappa shape index (κ2) is 21.7. The van der Waals surface area contributed by atoms with Crippen LogP contribution in [0.2, 0.25) is 0 Å². The molecule has 0 fully saturated rings. The zero-order valence-electron chi connectivity index (χ0n) is 35.2. The van der Waals surface area contributed by atoms with E-state index in [9.17, 15) is 35.8 Å². The number of unbranched alkanes of at least 4 members (excludes halogenated alkanes) is 2. The molecule has 0 radical (unpaired) electrons. The van der Waals surface area contributed by atoms with E-state index in [0.717, 1.165) is 64.3 Å². The van der Waals surface area contributed by atoms with Crippen LogP contribution >= 0.6 is 0 Å². The summed E-state index contributed by atoms with van der Waals surface area (Å²) < 4.78 is 86.8. The molecule has 0 aliphatic carbocycles. The first-order valence-electron chi connectivity index (χ1n) is 20.3. The van der Waals surface area contributed by atoms with Crippen LogP contribution in [0.15, 0.2) is 72.5 Å². The van der Waals surface area contributed by atoms with Crippen LogP contribution in [0.1, 0.15) is 87.5 Å². The molecule has 2 heterocycles. The highest BCUT2D eigenvalue weighted by Gasteiger charge is 2.47. The van der Waals surface area contributed by atoms with Crippen LogP contribution in [-0.4, -0.2) is 113 Å². The molecule has 2 aliphatic heterocycles. The summed E-state index contributed by atoms with van der Waals surface area (Å²) >= 11 is 0. The van der Waals surface area contributed by atoms with Crippen molar-refractivity contribution in [3.63, 3.8) is 0 Å². The van der Waals surface area contributed by atoms with Gasteiger partial charge in [0.1, 0.15) is 6.54 Å². The second-order valence-electron chi connectivity index (χ2n) is 15.8. The summed E-state index contributed by atoms with van der Waals surface area (Å²) in [7, 11) is -3.62. The number of fused-ring (bicyclic) bond motifs is 2. The summed E-state index contributed by atoms with van der Waals surface area (Å²) in [5, 5.41) is 9.18. The smallest absolute Gasteiger partial charge is 0.303 e. The Morgan fingerprint density at radius 1 is 0.797 bits per heavy atom. The van der Waals surface area contributed by atoms with Gasteiger partial charge in [0, 0.05) is 81.0 Å². The van der Waals surface area contributed by atoms with Gasteiger partial charge in [0.25, 0.3) is 10.1 Å². The van der Waals surface area contributed by atoms with Crippen molar-refractivity contribution in [1.82, 2.24) is 0 Å². The maximum atomic E-state index is 11.8. The number of benzene rings is 2. The first kappa shape index (κ1) is 48.0. The average Bonchev–Trinajstić information content (AvgIpc) is 3.53.